The Balaban J connectivity index is 1.63. The minimum Gasteiger partial charge on any atom is -0.497 e. The summed E-state index contributed by atoms with van der Waals surface area (Å²) in [5, 5.41) is 8.07. The first-order valence-electron chi connectivity index (χ1n) is 9.49. The van der Waals surface area contributed by atoms with Crippen molar-refractivity contribution in [1.82, 2.24) is 14.8 Å². The molecule has 8 heteroatoms. The Kier molecular flexibility index (Phi) is 6.14. The van der Waals surface area contributed by atoms with Crippen LogP contribution < -0.4 is 10.1 Å². The lowest BCUT2D eigenvalue weighted by molar-refractivity contribution is 0.0957. The predicted octanol–water partition coefficient (Wildman–Crippen LogP) is 5.17. The van der Waals surface area contributed by atoms with Crippen molar-refractivity contribution in [2.75, 3.05) is 12.4 Å². The number of carbonyl (C=O) groups is 1. The van der Waals surface area contributed by atoms with E-state index >= 15 is 0 Å². The van der Waals surface area contributed by atoms with Crippen LogP contribution in [0.15, 0.2) is 77.4 Å². The number of carbonyl (C=O) groups excluding carboxylic acids is 1. The monoisotopic (exact) mass is 434 g/mol. The fourth-order valence-corrected chi connectivity index (χ4v) is 3.06. The first-order chi connectivity index (χ1) is 15.1. The van der Waals surface area contributed by atoms with E-state index in [1.807, 2.05) is 48.5 Å². The lowest BCUT2D eigenvalue weighted by Crippen LogP contribution is -2.14. The third-order valence-electron chi connectivity index (χ3n) is 4.48. The van der Waals surface area contributed by atoms with E-state index in [1.54, 1.807) is 31.6 Å². The number of furan rings is 1. The van der Waals surface area contributed by atoms with E-state index in [4.69, 9.17) is 20.8 Å². The molecular formula is C23H19ClN4O3. The average Bonchev–Trinajstić information content (AvgIpc) is 3.47. The van der Waals surface area contributed by atoms with Crippen LogP contribution in [0.5, 0.6) is 5.75 Å². The Morgan fingerprint density at radius 3 is 2.68 bits per heavy atom. The number of methoxy groups -OCH3 is 1. The molecule has 0 fully saturated rings. The van der Waals surface area contributed by atoms with Gasteiger partial charge in [0.05, 0.1) is 19.9 Å². The third-order valence-corrected chi connectivity index (χ3v) is 4.82. The molecule has 0 atom stereocenters. The highest BCUT2D eigenvalue weighted by atomic mass is 35.5. The standard InChI is InChI=1S/C23H19ClN4O3/c1-30-18-11-8-17(9-12-18)22-26-23(25-15-19-6-4-14-31-19)28(27-22)21(29)13-10-16-5-2-3-7-20(16)24/h2-14H,15H2,1H3,(H,25,26,27). The molecule has 0 saturated heterocycles. The maximum atomic E-state index is 12.9. The number of allylic oxidation sites excluding steroid dienone is 1. The number of hydrogen-bond acceptors (Lipinski definition) is 6. The first-order valence-corrected chi connectivity index (χ1v) is 9.86. The summed E-state index contributed by atoms with van der Waals surface area (Å²) in [7, 11) is 1.60. The van der Waals surface area contributed by atoms with Crippen LogP contribution in [0.2, 0.25) is 5.02 Å². The number of ether oxygens (including phenoxy) is 1. The van der Waals surface area contributed by atoms with Gasteiger partial charge in [-0.25, -0.2) is 0 Å². The molecule has 0 amide bonds. The van der Waals surface area contributed by atoms with Crippen molar-refractivity contribution in [3.8, 4) is 17.1 Å². The Labute approximate surface area is 183 Å². The molecule has 0 aliphatic heterocycles. The average molecular weight is 435 g/mol. The van der Waals surface area contributed by atoms with Gasteiger partial charge < -0.3 is 14.5 Å². The van der Waals surface area contributed by atoms with Crippen LogP contribution in [0.4, 0.5) is 5.95 Å². The molecule has 7 nitrogen and oxygen atoms in total. The van der Waals surface area contributed by atoms with E-state index in [1.165, 1.54) is 10.8 Å². The molecular weight excluding hydrogens is 416 g/mol. The number of halogens is 1. The van der Waals surface area contributed by atoms with E-state index < -0.39 is 0 Å². The molecule has 0 saturated carbocycles. The fourth-order valence-electron chi connectivity index (χ4n) is 2.86. The number of hydrogen-bond donors (Lipinski definition) is 1. The Hall–Kier alpha value is -3.84. The van der Waals surface area contributed by atoms with Crippen molar-refractivity contribution in [3.63, 3.8) is 0 Å². The second kappa shape index (κ2) is 9.32. The van der Waals surface area contributed by atoms with Crippen LogP contribution >= 0.6 is 11.6 Å². The van der Waals surface area contributed by atoms with Gasteiger partial charge in [0, 0.05) is 16.7 Å². The van der Waals surface area contributed by atoms with Crippen LogP contribution in [-0.4, -0.2) is 27.8 Å². The summed E-state index contributed by atoms with van der Waals surface area (Å²) >= 11 is 6.17. The first kappa shape index (κ1) is 20.4. The zero-order valence-corrected chi connectivity index (χ0v) is 17.4. The smallest absolute Gasteiger partial charge is 0.274 e. The largest absolute Gasteiger partial charge is 0.497 e. The number of nitrogens with zero attached hydrogens (tertiary/aromatic N) is 3. The minimum atomic E-state index is -0.367. The van der Waals surface area contributed by atoms with Crippen molar-refractivity contribution < 1.29 is 13.9 Å². The Morgan fingerprint density at radius 1 is 1.16 bits per heavy atom. The Bertz CT molecular complexity index is 1200. The fraction of sp³-hybridized carbons (Fsp3) is 0.0870. The van der Waals surface area contributed by atoms with Crippen LogP contribution in [-0.2, 0) is 6.54 Å². The van der Waals surface area contributed by atoms with Gasteiger partial charge in [-0.3, -0.25) is 4.79 Å². The van der Waals surface area contributed by atoms with Gasteiger partial charge in [0.2, 0.25) is 5.95 Å². The van der Waals surface area contributed by atoms with E-state index in [2.05, 4.69) is 15.4 Å². The van der Waals surface area contributed by atoms with E-state index in [0.717, 1.165) is 16.9 Å². The van der Waals surface area contributed by atoms with Crippen molar-refractivity contribution >= 4 is 29.5 Å². The van der Waals surface area contributed by atoms with Gasteiger partial charge in [0.15, 0.2) is 5.82 Å². The van der Waals surface area contributed by atoms with Crippen molar-refractivity contribution in [1.29, 1.82) is 0 Å². The third kappa shape index (κ3) is 4.84. The zero-order valence-electron chi connectivity index (χ0n) is 16.7. The molecule has 1 N–H and O–H groups in total. The Morgan fingerprint density at radius 2 is 1.97 bits per heavy atom. The summed E-state index contributed by atoms with van der Waals surface area (Å²) in [5.74, 6) is 1.77. The molecule has 0 unspecified atom stereocenters. The molecule has 0 aliphatic rings. The van der Waals surface area contributed by atoms with E-state index in [-0.39, 0.29) is 5.91 Å². The van der Waals surface area contributed by atoms with Gasteiger partial charge in [0.25, 0.3) is 5.91 Å². The number of benzene rings is 2. The highest BCUT2D eigenvalue weighted by molar-refractivity contribution is 6.32. The normalized spacial score (nSPS) is 11.0. The number of aromatic nitrogens is 3. The number of rotatable bonds is 7. The second-order valence-corrected chi connectivity index (χ2v) is 6.93. The molecule has 0 aliphatic carbocycles. The summed E-state index contributed by atoms with van der Waals surface area (Å²) in [6, 6.07) is 18.2. The van der Waals surface area contributed by atoms with Gasteiger partial charge in [-0.05, 0) is 54.1 Å². The molecule has 4 aromatic rings. The van der Waals surface area contributed by atoms with Crippen LogP contribution in [0.1, 0.15) is 16.1 Å². The maximum absolute atomic E-state index is 12.9. The quantitative estimate of drug-likeness (QED) is 0.404. The highest BCUT2D eigenvalue weighted by Crippen LogP contribution is 2.22. The van der Waals surface area contributed by atoms with Gasteiger partial charge in [-0.1, -0.05) is 29.8 Å². The van der Waals surface area contributed by atoms with Gasteiger partial charge in [-0.2, -0.15) is 9.67 Å². The lowest BCUT2D eigenvalue weighted by Gasteiger charge is -2.04. The molecule has 0 radical (unpaired) electrons. The van der Waals surface area contributed by atoms with Crippen LogP contribution in [0, 0.1) is 0 Å². The molecule has 2 heterocycles. The van der Waals surface area contributed by atoms with Crippen molar-refractivity contribution in [2.24, 2.45) is 0 Å². The second-order valence-electron chi connectivity index (χ2n) is 6.53. The number of anilines is 1. The number of nitrogens with one attached hydrogen (secondary N) is 1. The molecule has 0 bridgehead atoms. The van der Waals surface area contributed by atoms with Gasteiger partial charge in [-0.15, -0.1) is 5.10 Å². The lowest BCUT2D eigenvalue weighted by atomic mass is 10.2. The summed E-state index contributed by atoms with van der Waals surface area (Å²) < 4.78 is 11.8. The van der Waals surface area contributed by atoms with Crippen LogP contribution in [0.25, 0.3) is 17.5 Å². The van der Waals surface area contributed by atoms with E-state index in [0.29, 0.717) is 29.1 Å². The van der Waals surface area contributed by atoms with Crippen molar-refractivity contribution in [2.45, 2.75) is 6.54 Å². The molecule has 4 rings (SSSR count). The zero-order chi connectivity index (χ0) is 21.6. The summed E-state index contributed by atoms with van der Waals surface area (Å²) in [6.45, 7) is 0.356. The topological polar surface area (TPSA) is 82.2 Å². The van der Waals surface area contributed by atoms with E-state index in [9.17, 15) is 4.79 Å². The predicted molar refractivity (Wildman–Crippen MR) is 119 cm³/mol. The van der Waals surface area contributed by atoms with Crippen LogP contribution in [0.3, 0.4) is 0 Å². The SMILES string of the molecule is COc1ccc(-c2nc(NCc3ccco3)n(C(=O)C=Cc3ccccc3Cl)n2)cc1. The highest BCUT2D eigenvalue weighted by Gasteiger charge is 2.16. The molecule has 2 aromatic heterocycles. The minimum absolute atomic E-state index is 0.302. The maximum Gasteiger partial charge on any atom is 0.274 e. The molecule has 156 valence electrons. The van der Waals surface area contributed by atoms with Gasteiger partial charge >= 0.3 is 0 Å². The van der Waals surface area contributed by atoms with Gasteiger partial charge in [0.1, 0.15) is 11.5 Å². The summed E-state index contributed by atoms with van der Waals surface area (Å²) in [6.07, 6.45) is 4.64. The molecule has 31 heavy (non-hydrogen) atoms. The van der Waals surface area contributed by atoms with Crippen molar-refractivity contribution in [3.05, 3.63) is 89.3 Å². The summed E-state index contributed by atoms with van der Waals surface area (Å²) in [4.78, 5) is 17.4. The molecule has 2 aromatic carbocycles. The summed E-state index contributed by atoms with van der Waals surface area (Å²) in [5.41, 5.74) is 1.49. The molecule has 0 spiro atoms.